The lowest BCUT2D eigenvalue weighted by atomic mass is 10.2. The van der Waals surface area contributed by atoms with Crippen LogP contribution in [0.4, 0.5) is 0 Å². The Balaban J connectivity index is 2.77. The van der Waals surface area contributed by atoms with Crippen LogP contribution in [0, 0.1) is 0 Å². The third-order valence-electron chi connectivity index (χ3n) is 1.58. The second-order valence-corrected chi connectivity index (χ2v) is 5.11. The van der Waals surface area contributed by atoms with Gasteiger partial charge in [0.25, 0.3) is 0 Å². The fourth-order valence-corrected chi connectivity index (χ4v) is 1.45. The third-order valence-corrected chi connectivity index (χ3v) is 2.52. The van der Waals surface area contributed by atoms with Gasteiger partial charge in [-0.1, -0.05) is 5.16 Å². The summed E-state index contributed by atoms with van der Waals surface area (Å²) in [4.78, 5) is 10.6. The first-order valence-corrected chi connectivity index (χ1v) is 5.81. The van der Waals surface area contributed by atoms with E-state index in [2.05, 4.69) is 9.68 Å². The molecule has 1 N–H and O–H groups in total. The molecule has 0 amide bonds. The predicted molar refractivity (Wildman–Crippen MR) is 46.9 cm³/mol. The van der Waals surface area contributed by atoms with E-state index in [0.29, 0.717) is 0 Å². The number of rotatable bonds is 4. The summed E-state index contributed by atoms with van der Waals surface area (Å²) in [5.41, 5.74) is -0.0892. The van der Waals surface area contributed by atoms with Crippen molar-refractivity contribution in [1.29, 1.82) is 0 Å². The molecule has 0 atom stereocenters. The van der Waals surface area contributed by atoms with Gasteiger partial charge in [0.2, 0.25) is 0 Å². The maximum Gasteiger partial charge on any atom is 0.340 e. The number of hydrogen-bond donors (Lipinski definition) is 1. The number of sulfone groups is 1. The highest BCUT2D eigenvalue weighted by atomic mass is 32.2. The molecule has 0 aliphatic heterocycles. The van der Waals surface area contributed by atoms with E-state index in [0.717, 1.165) is 12.5 Å². The highest BCUT2D eigenvalue weighted by molar-refractivity contribution is 7.90. The minimum atomic E-state index is -3.12. The summed E-state index contributed by atoms with van der Waals surface area (Å²) in [5, 5.41) is 11.9. The zero-order valence-corrected chi connectivity index (χ0v) is 8.24. The summed E-state index contributed by atoms with van der Waals surface area (Å²) in [6, 6.07) is 0. The molecule has 6 nitrogen and oxygen atoms in total. The molecule has 1 heterocycles. The van der Waals surface area contributed by atoms with Gasteiger partial charge >= 0.3 is 5.97 Å². The molecule has 0 fully saturated rings. The van der Waals surface area contributed by atoms with Crippen molar-refractivity contribution in [2.75, 3.05) is 12.0 Å². The zero-order valence-electron chi connectivity index (χ0n) is 7.43. The summed E-state index contributed by atoms with van der Waals surface area (Å²) < 4.78 is 26.2. The molecule has 78 valence electrons. The van der Waals surface area contributed by atoms with Gasteiger partial charge in [-0.3, -0.25) is 0 Å². The SMILES string of the molecule is CS(=O)(=O)CCc1oncc1C(=O)O. The molecule has 1 aromatic rings. The van der Waals surface area contributed by atoms with Crippen molar-refractivity contribution < 1.29 is 22.8 Å². The van der Waals surface area contributed by atoms with Crippen LogP contribution in [0.3, 0.4) is 0 Å². The van der Waals surface area contributed by atoms with Gasteiger partial charge in [0.05, 0.1) is 11.9 Å². The first-order chi connectivity index (χ1) is 6.40. The van der Waals surface area contributed by atoms with Gasteiger partial charge in [-0.15, -0.1) is 0 Å². The average molecular weight is 219 g/mol. The van der Waals surface area contributed by atoms with Crippen molar-refractivity contribution in [2.45, 2.75) is 6.42 Å². The Labute approximate surface area is 80.4 Å². The van der Waals surface area contributed by atoms with Gasteiger partial charge in [-0.25, -0.2) is 13.2 Å². The maximum atomic E-state index is 10.8. The zero-order chi connectivity index (χ0) is 10.8. The van der Waals surface area contributed by atoms with Gasteiger partial charge < -0.3 is 9.63 Å². The molecule has 0 aromatic carbocycles. The standard InChI is InChI=1S/C7H9NO5S/c1-14(11,12)3-2-6-5(7(9)10)4-8-13-6/h4H,2-3H2,1H3,(H,9,10). The molecule has 0 unspecified atom stereocenters. The summed E-state index contributed by atoms with van der Waals surface area (Å²) in [6.07, 6.45) is 2.16. The molecule has 1 rings (SSSR count). The van der Waals surface area contributed by atoms with Crippen LogP contribution >= 0.6 is 0 Å². The Morgan fingerprint density at radius 3 is 2.79 bits per heavy atom. The summed E-state index contributed by atoms with van der Waals surface area (Å²) in [7, 11) is -3.12. The van der Waals surface area contributed by atoms with Crippen LogP contribution in [0.25, 0.3) is 0 Å². The number of carboxylic acids is 1. The van der Waals surface area contributed by atoms with Gasteiger partial charge in [0.15, 0.2) is 5.76 Å². The van der Waals surface area contributed by atoms with Crippen molar-refractivity contribution >= 4 is 15.8 Å². The minimum Gasteiger partial charge on any atom is -0.478 e. The number of hydrogen-bond acceptors (Lipinski definition) is 5. The molecular weight excluding hydrogens is 210 g/mol. The molecule has 0 radical (unpaired) electrons. The largest absolute Gasteiger partial charge is 0.478 e. The Morgan fingerprint density at radius 1 is 1.64 bits per heavy atom. The molecule has 7 heteroatoms. The monoisotopic (exact) mass is 219 g/mol. The van der Waals surface area contributed by atoms with E-state index in [1.54, 1.807) is 0 Å². The third kappa shape index (κ3) is 2.84. The Morgan fingerprint density at radius 2 is 2.29 bits per heavy atom. The number of carboxylic acid groups (broad SMARTS) is 1. The van der Waals surface area contributed by atoms with Crippen molar-refractivity contribution in [2.24, 2.45) is 0 Å². The van der Waals surface area contributed by atoms with Crippen LogP contribution in [0.5, 0.6) is 0 Å². The van der Waals surface area contributed by atoms with Gasteiger partial charge in [-0.05, 0) is 0 Å². The van der Waals surface area contributed by atoms with Gasteiger partial charge in [0, 0.05) is 12.7 Å². The van der Waals surface area contributed by atoms with E-state index in [1.165, 1.54) is 0 Å². The van der Waals surface area contributed by atoms with Gasteiger partial charge in [0.1, 0.15) is 15.4 Å². The topological polar surface area (TPSA) is 97.5 Å². The molecular formula is C7H9NO5S. The lowest BCUT2D eigenvalue weighted by Crippen LogP contribution is -2.08. The number of aromatic nitrogens is 1. The van der Waals surface area contributed by atoms with E-state index < -0.39 is 15.8 Å². The van der Waals surface area contributed by atoms with Crippen LogP contribution in [0.2, 0.25) is 0 Å². The first-order valence-electron chi connectivity index (χ1n) is 3.75. The minimum absolute atomic E-state index is 0.0282. The number of carbonyl (C=O) groups is 1. The number of aryl methyl sites for hydroxylation is 1. The smallest absolute Gasteiger partial charge is 0.340 e. The second-order valence-electron chi connectivity index (χ2n) is 2.85. The Kier molecular flexibility index (Phi) is 2.90. The van der Waals surface area contributed by atoms with E-state index >= 15 is 0 Å². The van der Waals surface area contributed by atoms with Crippen LogP contribution in [-0.4, -0.2) is 36.7 Å². The number of nitrogens with zero attached hydrogens (tertiary/aromatic N) is 1. The quantitative estimate of drug-likeness (QED) is 0.763. The molecule has 0 saturated carbocycles. The average Bonchev–Trinajstić information content (AvgIpc) is 2.46. The van der Waals surface area contributed by atoms with Crippen LogP contribution < -0.4 is 0 Å². The molecule has 0 bridgehead atoms. The first kappa shape index (κ1) is 10.7. The normalized spacial score (nSPS) is 11.5. The fraction of sp³-hybridized carbons (Fsp3) is 0.429. The van der Waals surface area contributed by atoms with E-state index in [9.17, 15) is 13.2 Å². The molecule has 0 aliphatic rings. The second kappa shape index (κ2) is 3.79. The Hall–Kier alpha value is -1.37. The summed E-state index contributed by atoms with van der Waals surface area (Å²) in [5.74, 6) is -1.24. The Bertz CT molecular complexity index is 433. The predicted octanol–water partition coefficient (Wildman–Crippen LogP) is -0.0401. The van der Waals surface area contributed by atoms with E-state index in [1.807, 2.05) is 0 Å². The fourth-order valence-electron chi connectivity index (χ4n) is 0.897. The van der Waals surface area contributed by atoms with Crippen LogP contribution in [-0.2, 0) is 16.3 Å². The lowest BCUT2D eigenvalue weighted by Gasteiger charge is -1.95. The van der Waals surface area contributed by atoms with Gasteiger partial charge in [-0.2, -0.15) is 0 Å². The van der Waals surface area contributed by atoms with Crippen molar-refractivity contribution in [3.63, 3.8) is 0 Å². The lowest BCUT2D eigenvalue weighted by molar-refractivity contribution is 0.0694. The highest BCUT2D eigenvalue weighted by Crippen LogP contribution is 2.09. The molecule has 14 heavy (non-hydrogen) atoms. The molecule has 1 aromatic heterocycles. The molecule has 0 spiro atoms. The van der Waals surface area contributed by atoms with Crippen molar-refractivity contribution in [3.05, 3.63) is 17.5 Å². The summed E-state index contributed by atoms with van der Waals surface area (Å²) in [6.45, 7) is 0. The molecule has 0 saturated heterocycles. The maximum absolute atomic E-state index is 10.8. The summed E-state index contributed by atoms with van der Waals surface area (Å²) >= 11 is 0. The number of aromatic carboxylic acids is 1. The highest BCUT2D eigenvalue weighted by Gasteiger charge is 2.16. The van der Waals surface area contributed by atoms with Crippen molar-refractivity contribution in [3.8, 4) is 0 Å². The van der Waals surface area contributed by atoms with Crippen LogP contribution in [0.15, 0.2) is 10.7 Å². The van der Waals surface area contributed by atoms with E-state index in [-0.39, 0.29) is 23.5 Å². The van der Waals surface area contributed by atoms with Crippen molar-refractivity contribution in [1.82, 2.24) is 5.16 Å². The van der Waals surface area contributed by atoms with E-state index in [4.69, 9.17) is 5.11 Å². The molecule has 0 aliphatic carbocycles. The van der Waals surface area contributed by atoms with Crippen LogP contribution in [0.1, 0.15) is 16.1 Å².